The summed E-state index contributed by atoms with van der Waals surface area (Å²) >= 11 is 0. The van der Waals surface area contributed by atoms with Gasteiger partial charge in [-0.25, -0.2) is 19.2 Å². The fourth-order valence-electron chi connectivity index (χ4n) is 3.48. The molecule has 4 rings (SSSR count). The fraction of sp³-hybridized carbons (Fsp3) is 0.115. The largest absolute Gasteiger partial charge is 0.505 e. The molecular formula is C26H22FN3O3. The van der Waals surface area contributed by atoms with E-state index in [1.165, 1.54) is 18.3 Å². The van der Waals surface area contributed by atoms with Crippen LogP contribution in [0.1, 0.15) is 16.8 Å². The SMILES string of the molecule is O=C(O)[C@H](Cc1ccccc1)Nc1ncc(-c2ccc(O)c(F)c2)nc1Cc1ccccc1. The quantitative estimate of drug-likeness (QED) is 0.366. The number of aliphatic carboxylic acids is 1. The van der Waals surface area contributed by atoms with Gasteiger partial charge in [0.25, 0.3) is 0 Å². The molecule has 7 heteroatoms. The van der Waals surface area contributed by atoms with Gasteiger partial charge < -0.3 is 15.5 Å². The Morgan fingerprint density at radius 2 is 1.64 bits per heavy atom. The molecule has 33 heavy (non-hydrogen) atoms. The number of aromatic hydroxyl groups is 1. The number of nitrogens with zero attached hydrogens (tertiary/aromatic N) is 2. The summed E-state index contributed by atoms with van der Waals surface area (Å²) in [6.45, 7) is 0. The Morgan fingerprint density at radius 1 is 0.970 bits per heavy atom. The molecule has 0 saturated heterocycles. The number of hydrogen-bond acceptors (Lipinski definition) is 5. The third-order valence-corrected chi connectivity index (χ3v) is 5.19. The topological polar surface area (TPSA) is 95.3 Å². The summed E-state index contributed by atoms with van der Waals surface area (Å²) in [7, 11) is 0. The summed E-state index contributed by atoms with van der Waals surface area (Å²) < 4.78 is 13.9. The molecule has 0 unspecified atom stereocenters. The van der Waals surface area contributed by atoms with Gasteiger partial charge in [0, 0.05) is 18.4 Å². The van der Waals surface area contributed by atoms with E-state index in [0.29, 0.717) is 29.2 Å². The first-order valence-electron chi connectivity index (χ1n) is 10.4. The van der Waals surface area contributed by atoms with Crippen LogP contribution < -0.4 is 5.32 Å². The number of aromatic nitrogens is 2. The highest BCUT2D eigenvalue weighted by Crippen LogP contribution is 2.26. The van der Waals surface area contributed by atoms with Crippen molar-refractivity contribution in [3.05, 3.63) is 108 Å². The second kappa shape index (κ2) is 9.91. The van der Waals surface area contributed by atoms with E-state index in [1.54, 1.807) is 6.07 Å². The number of hydrogen-bond donors (Lipinski definition) is 3. The van der Waals surface area contributed by atoms with Crippen LogP contribution in [0.5, 0.6) is 5.75 Å². The van der Waals surface area contributed by atoms with Crippen LogP contribution in [-0.2, 0) is 17.6 Å². The van der Waals surface area contributed by atoms with Crippen molar-refractivity contribution in [3.8, 4) is 17.0 Å². The molecule has 1 atom stereocenters. The average molecular weight is 443 g/mol. The van der Waals surface area contributed by atoms with Crippen molar-refractivity contribution in [2.24, 2.45) is 0 Å². The normalized spacial score (nSPS) is 11.7. The van der Waals surface area contributed by atoms with Gasteiger partial charge in [-0.2, -0.15) is 0 Å². The van der Waals surface area contributed by atoms with Crippen molar-refractivity contribution in [1.29, 1.82) is 0 Å². The van der Waals surface area contributed by atoms with E-state index in [-0.39, 0.29) is 6.42 Å². The van der Waals surface area contributed by atoms with Crippen molar-refractivity contribution in [2.45, 2.75) is 18.9 Å². The highest BCUT2D eigenvalue weighted by Gasteiger charge is 2.21. The minimum Gasteiger partial charge on any atom is -0.505 e. The minimum atomic E-state index is -1.00. The van der Waals surface area contributed by atoms with Crippen LogP contribution >= 0.6 is 0 Å². The third kappa shape index (κ3) is 5.51. The summed E-state index contributed by atoms with van der Waals surface area (Å²) in [6.07, 6.45) is 2.14. The van der Waals surface area contributed by atoms with Gasteiger partial charge >= 0.3 is 5.97 Å². The Balaban J connectivity index is 1.69. The lowest BCUT2D eigenvalue weighted by atomic mass is 10.1. The molecule has 0 spiro atoms. The Labute approximate surface area is 190 Å². The van der Waals surface area contributed by atoms with E-state index in [1.807, 2.05) is 60.7 Å². The number of anilines is 1. The maximum atomic E-state index is 13.9. The smallest absolute Gasteiger partial charge is 0.326 e. The van der Waals surface area contributed by atoms with Crippen LogP contribution in [0.2, 0.25) is 0 Å². The fourth-order valence-corrected chi connectivity index (χ4v) is 3.48. The lowest BCUT2D eigenvalue weighted by Crippen LogP contribution is -2.32. The standard InChI is InChI=1S/C26H22FN3O3/c27-20-15-19(11-12-24(20)31)23-16-28-25(21(29-23)13-17-7-3-1-4-8-17)30-22(26(32)33)14-18-9-5-2-6-10-18/h1-12,15-16,22,31H,13-14H2,(H,28,30)(H,32,33)/t22-/m0/s1. The van der Waals surface area contributed by atoms with Gasteiger partial charge in [0.15, 0.2) is 11.6 Å². The molecule has 0 aliphatic carbocycles. The van der Waals surface area contributed by atoms with Gasteiger partial charge in [-0.3, -0.25) is 0 Å². The van der Waals surface area contributed by atoms with E-state index in [9.17, 15) is 19.4 Å². The van der Waals surface area contributed by atoms with Crippen molar-refractivity contribution in [3.63, 3.8) is 0 Å². The summed E-state index contributed by atoms with van der Waals surface area (Å²) in [4.78, 5) is 21.1. The molecular weight excluding hydrogens is 421 g/mol. The molecule has 166 valence electrons. The summed E-state index contributed by atoms with van der Waals surface area (Å²) in [5, 5.41) is 22.3. The van der Waals surface area contributed by atoms with E-state index >= 15 is 0 Å². The molecule has 3 aromatic carbocycles. The van der Waals surface area contributed by atoms with Gasteiger partial charge in [-0.05, 0) is 29.3 Å². The van der Waals surface area contributed by atoms with Crippen molar-refractivity contribution < 1.29 is 19.4 Å². The lowest BCUT2D eigenvalue weighted by molar-refractivity contribution is -0.137. The van der Waals surface area contributed by atoms with E-state index in [2.05, 4.69) is 15.3 Å². The molecule has 1 heterocycles. The van der Waals surface area contributed by atoms with Gasteiger partial charge in [0.2, 0.25) is 0 Å². The van der Waals surface area contributed by atoms with Crippen molar-refractivity contribution in [2.75, 3.05) is 5.32 Å². The van der Waals surface area contributed by atoms with Crippen LogP contribution in [0.4, 0.5) is 10.2 Å². The van der Waals surface area contributed by atoms with Crippen LogP contribution in [-0.4, -0.2) is 32.2 Å². The van der Waals surface area contributed by atoms with Crippen LogP contribution in [0.25, 0.3) is 11.3 Å². The zero-order valence-corrected chi connectivity index (χ0v) is 17.6. The van der Waals surface area contributed by atoms with E-state index < -0.39 is 23.6 Å². The predicted molar refractivity (Wildman–Crippen MR) is 124 cm³/mol. The molecule has 0 saturated carbocycles. The van der Waals surface area contributed by atoms with E-state index in [0.717, 1.165) is 11.1 Å². The number of nitrogens with one attached hydrogen (secondary N) is 1. The molecule has 0 radical (unpaired) electrons. The predicted octanol–water partition coefficient (Wildman–Crippen LogP) is 4.69. The number of benzene rings is 3. The highest BCUT2D eigenvalue weighted by molar-refractivity contribution is 5.77. The summed E-state index contributed by atoms with van der Waals surface area (Å²) in [5.74, 6) is -1.85. The summed E-state index contributed by atoms with van der Waals surface area (Å²) in [6, 6.07) is 22.0. The van der Waals surface area contributed by atoms with Crippen LogP contribution in [0.3, 0.4) is 0 Å². The number of phenols is 1. The molecule has 6 nitrogen and oxygen atoms in total. The molecule has 0 fully saturated rings. The number of carboxylic acid groups (broad SMARTS) is 1. The molecule has 0 amide bonds. The number of phenolic OH excluding ortho intramolecular Hbond substituents is 1. The number of carbonyl (C=O) groups is 1. The first-order chi connectivity index (χ1) is 16.0. The number of halogens is 1. The van der Waals surface area contributed by atoms with Gasteiger partial charge in [-0.1, -0.05) is 60.7 Å². The van der Waals surface area contributed by atoms with Crippen molar-refractivity contribution >= 4 is 11.8 Å². The maximum absolute atomic E-state index is 13.9. The van der Waals surface area contributed by atoms with Gasteiger partial charge in [0.1, 0.15) is 11.9 Å². The van der Waals surface area contributed by atoms with Crippen LogP contribution in [0.15, 0.2) is 85.1 Å². The van der Waals surface area contributed by atoms with Crippen molar-refractivity contribution in [1.82, 2.24) is 9.97 Å². The molecule has 4 aromatic rings. The average Bonchev–Trinajstić information content (AvgIpc) is 2.82. The summed E-state index contributed by atoms with van der Waals surface area (Å²) in [5.41, 5.74) is 3.26. The molecule has 0 bridgehead atoms. The number of carboxylic acids is 1. The molecule has 0 aliphatic rings. The lowest BCUT2D eigenvalue weighted by Gasteiger charge is -2.18. The van der Waals surface area contributed by atoms with Crippen LogP contribution in [0, 0.1) is 5.82 Å². The third-order valence-electron chi connectivity index (χ3n) is 5.19. The number of rotatable bonds is 8. The molecule has 1 aromatic heterocycles. The Hall–Kier alpha value is -4.26. The minimum absolute atomic E-state index is 0.271. The van der Waals surface area contributed by atoms with E-state index in [4.69, 9.17) is 0 Å². The zero-order chi connectivity index (χ0) is 23.2. The highest BCUT2D eigenvalue weighted by atomic mass is 19.1. The van der Waals surface area contributed by atoms with Gasteiger partial charge in [-0.15, -0.1) is 0 Å². The maximum Gasteiger partial charge on any atom is 0.326 e. The Kier molecular flexibility index (Phi) is 6.59. The second-order valence-corrected chi connectivity index (χ2v) is 7.60. The van der Waals surface area contributed by atoms with Gasteiger partial charge in [0.05, 0.1) is 17.6 Å². The Morgan fingerprint density at radius 3 is 2.27 bits per heavy atom. The monoisotopic (exact) mass is 443 g/mol. The second-order valence-electron chi connectivity index (χ2n) is 7.60. The molecule has 0 aliphatic heterocycles. The Bertz CT molecular complexity index is 1250. The zero-order valence-electron chi connectivity index (χ0n) is 17.6. The first kappa shape index (κ1) is 22.0. The molecule has 3 N–H and O–H groups in total. The first-order valence-corrected chi connectivity index (χ1v) is 10.4.